The van der Waals surface area contributed by atoms with E-state index in [0.717, 1.165) is 5.56 Å². The van der Waals surface area contributed by atoms with E-state index in [1.165, 1.54) is 0 Å². The van der Waals surface area contributed by atoms with Gasteiger partial charge in [-0.1, -0.05) is 11.6 Å². The van der Waals surface area contributed by atoms with Gasteiger partial charge in [-0.05, 0) is 50.1 Å². The molecule has 17 heavy (non-hydrogen) atoms. The summed E-state index contributed by atoms with van der Waals surface area (Å²) in [6.07, 6.45) is 0. The van der Waals surface area contributed by atoms with Crippen LogP contribution in [-0.2, 0) is 0 Å². The summed E-state index contributed by atoms with van der Waals surface area (Å²) >= 11 is 12.6. The zero-order valence-corrected chi connectivity index (χ0v) is 12.7. The van der Waals surface area contributed by atoms with Crippen molar-refractivity contribution in [1.29, 1.82) is 0 Å². The third kappa shape index (κ3) is 2.97. The summed E-state index contributed by atoms with van der Waals surface area (Å²) in [6.45, 7) is 0. The molecule has 2 rings (SSSR count). The molecule has 0 spiro atoms. The second-order valence-electron chi connectivity index (χ2n) is 3.18. The Hall–Kier alpha value is -0.650. The van der Waals surface area contributed by atoms with E-state index in [-0.39, 0.29) is 0 Å². The average Bonchev–Trinajstić information content (AvgIpc) is 2.27. The SMILES string of the molecule is COc1cc(Cl)ccc1-c1nc(Br)cc(Br)n1. The molecule has 1 aromatic heterocycles. The molecule has 6 heteroatoms. The lowest BCUT2D eigenvalue weighted by Crippen LogP contribution is -1.94. The number of nitrogens with zero attached hydrogens (tertiary/aromatic N) is 2. The summed E-state index contributed by atoms with van der Waals surface area (Å²) in [5.41, 5.74) is 0.791. The minimum absolute atomic E-state index is 0.569. The first-order valence-corrected chi connectivity index (χ1v) is 6.60. The summed E-state index contributed by atoms with van der Waals surface area (Å²) in [4.78, 5) is 8.59. The second-order valence-corrected chi connectivity index (χ2v) is 5.24. The molecular weight excluding hydrogens is 371 g/mol. The van der Waals surface area contributed by atoms with Gasteiger partial charge in [0.2, 0.25) is 0 Å². The highest BCUT2D eigenvalue weighted by Crippen LogP contribution is 2.31. The molecule has 2 aromatic rings. The van der Waals surface area contributed by atoms with E-state index in [0.29, 0.717) is 25.8 Å². The van der Waals surface area contributed by atoms with Crippen LogP contribution in [0, 0.1) is 0 Å². The third-order valence-corrected chi connectivity index (χ3v) is 3.12. The monoisotopic (exact) mass is 376 g/mol. The molecule has 0 radical (unpaired) electrons. The number of aromatic nitrogens is 2. The van der Waals surface area contributed by atoms with E-state index in [4.69, 9.17) is 16.3 Å². The van der Waals surface area contributed by atoms with Gasteiger partial charge >= 0.3 is 0 Å². The predicted octanol–water partition coefficient (Wildman–Crippen LogP) is 4.33. The van der Waals surface area contributed by atoms with Gasteiger partial charge in [0.15, 0.2) is 5.82 Å². The van der Waals surface area contributed by atoms with Crippen LogP contribution in [0.15, 0.2) is 33.5 Å². The molecule has 0 amide bonds. The molecule has 0 aliphatic heterocycles. The van der Waals surface area contributed by atoms with Crippen LogP contribution in [0.3, 0.4) is 0 Å². The molecule has 0 aliphatic rings. The van der Waals surface area contributed by atoms with Crippen LogP contribution in [-0.4, -0.2) is 17.1 Å². The van der Waals surface area contributed by atoms with E-state index < -0.39 is 0 Å². The minimum atomic E-state index is 0.569. The molecule has 0 bridgehead atoms. The maximum Gasteiger partial charge on any atom is 0.165 e. The third-order valence-electron chi connectivity index (χ3n) is 2.07. The summed E-state index contributed by atoms with van der Waals surface area (Å²) in [5, 5.41) is 0.611. The van der Waals surface area contributed by atoms with Crippen molar-refractivity contribution in [3.8, 4) is 17.1 Å². The van der Waals surface area contributed by atoms with Crippen LogP contribution in [0.25, 0.3) is 11.4 Å². The highest BCUT2D eigenvalue weighted by atomic mass is 79.9. The van der Waals surface area contributed by atoms with E-state index in [1.54, 1.807) is 25.3 Å². The van der Waals surface area contributed by atoms with E-state index in [1.807, 2.05) is 6.07 Å². The fraction of sp³-hybridized carbons (Fsp3) is 0.0909. The van der Waals surface area contributed by atoms with Gasteiger partial charge in [-0.15, -0.1) is 0 Å². The van der Waals surface area contributed by atoms with E-state index >= 15 is 0 Å². The van der Waals surface area contributed by atoms with Crippen molar-refractivity contribution < 1.29 is 4.74 Å². The van der Waals surface area contributed by atoms with Gasteiger partial charge in [0.05, 0.1) is 12.7 Å². The first-order chi connectivity index (χ1) is 8.10. The number of benzene rings is 1. The smallest absolute Gasteiger partial charge is 0.165 e. The van der Waals surface area contributed by atoms with Crippen molar-refractivity contribution in [1.82, 2.24) is 9.97 Å². The number of hydrogen-bond donors (Lipinski definition) is 0. The van der Waals surface area contributed by atoms with Crippen LogP contribution in [0.1, 0.15) is 0 Å². The number of halogens is 3. The van der Waals surface area contributed by atoms with Gasteiger partial charge in [0, 0.05) is 11.1 Å². The Kier molecular flexibility index (Phi) is 4.01. The first-order valence-electron chi connectivity index (χ1n) is 4.64. The summed E-state index contributed by atoms with van der Waals surface area (Å²) in [6, 6.07) is 7.11. The number of ether oxygens (including phenoxy) is 1. The standard InChI is InChI=1S/C11H7Br2ClN2O/c1-17-8-4-6(14)2-3-7(8)11-15-9(12)5-10(13)16-11/h2-5H,1H3. The molecule has 0 saturated carbocycles. The van der Waals surface area contributed by atoms with Crippen LogP contribution in [0.4, 0.5) is 0 Å². The average molecular weight is 378 g/mol. The molecular formula is C11H7Br2ClN2O. The summed E-state index contributed by atoms with van der Waals surface area (Å²) in [5.74, 6) is 1.21. The van der Waals surface area contributed by atoms with Gasteiger partial charge in [-0.3, -0.25) is 0 Å². The molecule has 0 unspecified atom stereocenters. The van der Waals surface area contributed by atoms with Crippen LogP contribution in [0.5, 0.6) is 5.75 Å². The van der Waals surface area contributed by atoms with Gasteiger partial charge in [-0.2, -0.15) is 0 Å². The largest absolute Gasteiger partial charge is 0.496 e. The van der Waals surface area contributed by atoms with Crippen molar-refractivity contribution in [3.05, 3.63) is 38.5 Å². The van der Waals surface area contributed by atoms with Crippen molar-refractivity contribution >= 4 is 43.5 Å². The minimum Gasteiger partial charge on any atom is -0.496 e. The van der Waals surface area contributed by atoms with Crippen molar-refractivity contribution in [3.63, 3.8) is 0 Å². The predicted molar refractivity (Wildman–Crippen MR) is 74.4 cm³/mol. The molecule has 1 heterocycles. The number of methoxy groups -OCH3 is 1. The Balaban J connectivity index is 2.59. The van der Waals surface area contributed by atoms with Gasteiger partial charge in [0.1, 0.15) is 15.0 Å². The van der Waals surface area contributed by atoms with E-state index in [2.05, 4.69) is 41.8 Å². The molecule has 0 atom stereocenters. The highest BCUT2D eigenvalue weighted by molar-refractivity contribution is 9.11. The molecule has 1 aromatic carbocycles. The molecule has 0 N–H and O–H groups in total. The number of hydrogen-bond acceptors (Lipinski definition) is 3. The normalized spacial score (nSPS) is 10.4. The summed E-state index contributed by atoms with van der Waals surface area (Å²) < 4.78 is 6.67. The fourth-order valence-electron chi connectivity index (χ4n) is 1.36. The van der Waals surface area contributed by atoms with E-state index in [9.17, 15) is 0 Å². The zero-order valence-electron chi connectivity index (χ0n) is 8.75. The first kappa shape index (κ1) is 12.8. The maximum absolute atomic E-state index is 5.91. The Morgan fingerprint density at radius 3 is 2.35 bits per heavy atom. The van der Waals surface area contributed by atoms with Crippen molar-refractivity contribution in [2.24, 2.45) is 0 Å². The Bertz CT molecular complexity index is 543. The van der Waals surface area contributed by atoms with Gasteiger partial charge in [0.25, 0.3) is 0 Å². The lowest BCUT2D eigenvalue weighted by Gasteiger charge is -2.08. The zero-order chi connectivity index (χ0) is 12.4. The second kappa shape index (κ2) is 5.33. The Morgan fingerprint density at radius 1 is 1.12 bits per heavy atom. The molecule has 0 fully saturated rings. The summed E-state index contributed by atoms with van der Waals surface area (Å²) in [7, 11) is 1.59. The Labute approximate surface area is 120 Å². The highest BCUT2D eigenvalue weighted by Gasteiger charge is 2.10. The van der Waals surface area contributed by atoms with Gasteiger partial charge < -0.3 is 4.74 Å². The van der Waals surface area contributed by atoms with Gasteiger partial charge in [-0.25, -0.2) is 9.97 Å². The lowest BCUT2D eigenvalue weighted by atomic mass is 10.2. The fourth-order valence-corrected chi connectivity index (χ4v) is 2.60. The molecule has 0 aliphatic carbocycles. The lowest BCUT2D eigenvalue weighted by molar-refractivity contribution is 0.416. The Morgan fingerprint density at radius 2 is 1.76 bits per heavy atom. The molecule has 3 nitrogen and oxygen atoms in total. The number of rotatable bonds is 2. The topological polar surface area (TPSA) is 35.0 Å². The van der Waals surface area contributed by atoms with Crippen LogP contribution < -0.4 is 4.74 Å². The van der Waals surface area contributed by atoms with Crippen molar-refractivity contribution in [2.45, 2.75) is 0 Å². The maximum atomic E-state index is 5.91. The van der Waals surface area contributed by atoms with Crippen LogP contribution in [0.2, 0.25) is 5.02 Å². The molecule has 88 valence electrons. The van der Waals surface area contributed by atoms with Crippen molar-refractivity contribution in [2.75, 3.05) is 7.11 Å². The molecule has 0 saturated heterocycles. The van der Waals surface area contributed by atoms with Crippen LogP contribution >= 0.6 is 43.5 Å². The quantitative estimate of drug-likeness (QED) is 0.730.